The normalized spacial score (nSPS) is 36.8. The SMILES string of the molecule is CC1CCC(C)N1.[Na]. The Morgan fingerprint density at radius 3 is 1.62 bits per heavy atom. The van der Waals surface area contributed by atoms with E-state index in [2.05, 4.69) is 19.2 Å². The first-order valence-corrected chi connectivity index (χ1v) is 3.05. The second-order valence-corrected chi connectivity index (χ2v) is 2.55. The summed E-state index contributed by atoms with van der Waals surface area (Å²) < 4.78 is 0. The molecule has 0 bridgehead atoms. The van der Waals surface area contributed by atoms with Gasteiger partial charge in [-0.25, -0.2) is 0 Å². The van der Waals surface area contributed by atoms with Crippen LogP contribution in [0.1, 0.15) is 26.7 Å². The topological polar surface area (TPSA) is 12.0 Å². The summed E-state index contributed by atoms with van der Waals surface area (Å²) in [6, 6.07) is 1.55. The van der Waals surface area contributed by atoms with Gasteiger partial charge in [0.15, 0.2) is 0 Å². The van der Waals surface area contributed by atoms with E-state index >= 15 is 0 Å². The van der Waals surface area contributed by atoms with E-state index in [0.717, 1.165) is 12.1 Å². The fraction of sp³-hybridized carbons (Fsp3) is 1.00. The molecule has 0 saturated carbocycles. The first kappa shape index (κ1) is 8.96. The van der Waals surface area contributed by atoms with Gasteiger partial charge in [0.25, 0.3) is 0 Å². The van der Waals surface area contributed by atoms with Crippen LogP contribution in [0.5, 0.6) is 0 Å². The molecule has 0 aromatic rings. The van der Waals surface area contributed by atoms with E-state index in [1.807, 2.05) is 0 Å². The molecule has 2 unspecified atom stereocenters. The van der Waals surface area contributed by atoms with Gasteiger partial charge in [0.2, 0.25) is 0 Å². The van der Waals surface area contributed by atoms with Gasteiger partial charge < -0.3 is 5.32 Å². The molecule has 1 heterocycles. The van der Waals surface area contributed by atoms with Crippen molar-refractivity contribution in [2.75, 3.05) is 0 Å². The van der Waals surface area contributed by atoms with Crippen molar-refractivity contribution < 1.29 is 0 Å². The standard InChI is InChI=1S/C6H13N.Na/c1-5-3-4-6(2)7-5;/h5-7H,3-4H2,1-2H3;. The van der Waals surface area contributed by atoms with Crippen LogP contribution in [0, 0.1) is 0 Å². The first-order valence-electron chi connectivity index (χ1n) is 3.05. The van der Waals surface area contributed by atoms with Crippen molar-refractivity contribution >= 4 is 29.6 Å². The maximum Gasteiger partial charge on any atom is 0.00417 e. The van der Waals surface area contributed by atoms with Crippen molar-refractivity contribution in [2.45, 2.75) is 38.8 Å². The van der Waals surface area contributed by atoms with Crippen LogP contribution in [-0.2, 0) is 0 Å². The van der Waals surface area contributed by atoms with Crippen molar-refractivity contribution in [2.24, 2.45) is 0 Å². The van der Waals surface area contributed by atoms with Crippen molar-refractivity contribution in [3.63, 3.8) is 0 Å². The van der Waals surface area contributed by atoms with Crippen LogP contribution >= 0.6 is 0 Å². The minimum atomic E-state index is 0. The van der Waals surface area contributed by atoms with E-state index in [0.29, 0.717) is 0 Å². The Hall–Kier alpha value is 0.960. The largest absolute Gasteiger partial charge is 0.312 e. The Balaban J connectivity index is 0.000000490. The molecule has 0 amide bonds. The molecule has 1 radical (unpaired) electrons. The van der Waals surface area contributed by atoms with Gasteiger partial charge in [-0.15, -0.1) is 0 Å². The van der Waals surface area contributed by atoms with Crippen molar-refractivity contribution in [3.8, 4) is 0 Å². The molecule has 0 aromatic heterocycles. The van der Waals surface area contributed by atoms with Gasteiger partial charge >= 0.3 is 0 Å². The predicted molar refractivity (Wildman–Crippen MR) is 37.0 cm³/mol. The third-order valence-electron chi connectivity index (χ3n) is 1.60. The van der Waals surface area contributed by atoms with E-state index in [1.165, 1.54) is 12.8 Å². The molecule has 1 aliphatic rings. The molecule has 0 aliphatic carbocycles. The van der Waals surface area contributed by atoms with Gasteiger partial charge in [-0.2, -0.15) is 0 Å². The maximum atomic E-state index is 3.42. The molecule has 43 valence electrons. The Kier molecular flexibility index (Phi) is 4.35. The van der Waals surface area contributed by atoms with Gasteiger partial charge in [-0.3, -0.25) is 0 Å². The molecular formula is C6H13NNa. The zero-order chi connectivity index (χ0) is 5.28. The van der Waals surface area contributed by atoms with E-state index < -0.39 is 0 Å². The third-order valence-corrected chi connectivity index (χ3v) is 1.60. The van der Waals surface area contributed by atoms with Gasteiger partial charge in [0.1, 0.15) is 0 Å². The van der Waals surface area contributed by atoms with Gasteiger partial charge in [0, 0.05) is 41.6 Å². The van der Waals surface area contributed by atoms with Crippen molar-refractivity contribution in [1.29, 1.82) is 0 Å². The van der Waals surface area contributed by atoms with E-state index in [-0.39, 0.29) is 29.6 Å². The van der Waals surface area contributed by atoms with Crippen LogP contribution < -0.4 is 5.32 Å². The van der Waals surface area contributed by atoms with Crippen LogP contribution in [-0.4, -0.2) is 41.6 Å². The summed E-state index contributed by atoms with van der Waals surface area (Å²) in [5.41, 5.74) is 0. The fourth-order valence-corrected chi connectivity index (χ4v) is 1.15. The summed E-state index contributed by atoms with van der Waals surface area (Å²) in [6.45, 7) is 4.48. The van der Waals surface area contributed by atoms with Crippen LogP contribution in [0.4, 0.5) is 0 Å². The Morgan fingerprint density at radius 2 is 1.50 bits per heavy atom. The minimum absolute atomic E-state index is 0. The Bertz CT molecular complexity index is 57.5. The fourth-order valence-electron chi connectivity index (χ4n) is 1.15. The van der Waals surface area contributed by atoms with Crippen molar-refractivity contribution in [1.82, 2.24) is 5.32 Å². The summed E-state index contributed by atoms with van der Waals surface area (Å²) in [5.74, 6) is 0. The number of hydrogen-bond acceptors (Lipinski definition) is 1. The second-order valence-electron chi connectivity index (χ2n) is 2.55. The molecule has 1 N–H and O–H groups in total. The molecule has 1 nitrogen and oxygen atoms in total. The molecule has 1 fully saturated rings. The molecular weight excluding hydrogens is 109 g/mol. The summed E-state index contributed by atoms with van der Waals surface area (Å²) in [5, 5.41) is 3.42. The van der Waals surface area contributed by atoms with Crippen LogP contribution in [0.25, 0.3) is 0 Å². The van der Waals surface area contributed by atoms with Crippen LogP contribution in [0.3, 0.4) is 0 Å². The summed E-state index contributed by atoms with van der Waals surface area (Å²) in [6.07, 6.45) is 2.72. The second kappa shape index (κ2) is 3.89. The summed E-state index contributed by atoms with van der Waals surface area (Å²) in [4.78, 5) is 0. The van der Waals surface area contributed by atoms with Crippen LogP contribution in [0.2, 0.25) is 0 Å². The molecule has 8 heavy (non-hydrogen) atoms. The molecule has 1 aliphatic heterocycles. The van der Waals surface area contributed by atoms with E-state index in [4.69, 9.17) is 0 Å². The van der Waals surface area contributed by atoms with E-state index in [9.17, 15) is 0 Å². The zero-order valence-corrected chi connectivity index (χ0v) is 8.07. The predicted octanol–water partition coefficient (Wildman–Crippen LogP) is 0.766. The monoisotopic (exact) mass is 122 g/mol. The first-order chi connectivity index (χ1) is 3.29. The molecule has 0 spiro atoms. The smallest absolute Gasteiger partial charge is 0.00417 e. The van der Waals surface area contributed by atoms with Gasteiger partial charge in [-0.05, 0) is 26.7 Å². The Morgan fingerprint density at radius 1 is 1.12 bits per heavy atom. The number of nitrogens with one attached hydrogen (secondary N) is 1. The van der Waals surface area contributed by atoms with E-state index in [1.54, 1.807) is 0 Å². The van der Waals surface area contributed by atoms with Gasteiger partial charge in [-0.1, -0.05) is 0 Å². The zero-order valence-electron chi connectivity index (χ0n) is 6.07. The molecule has 0 aromatic carbocycles. The molecule has 1 saturated heterocycles. The third kappa shape index (κ3) is 2.49. The molecule has 2 atom stereocenters. The molecule has 2 heteroatoms. The minimum Gasteiger partial charge on any atom is -0.312 e. The van der Waals surface area contributed by atoms with Crippen LogP contribution in [0.15, 0.2) is 0 Å². The number of hydrogen-bond donors (Lipinski definition) is 1. The van der Waals surface area contributed by atoms with Crippen molar-refractivity contribution in [3.05, 3.63) is 0 Å². The average molecular weight is 122 g/mol. The maximum absolute atomic E-state index is 3.42. The Labute approximate surface area is 73.5 Å². The summed E-state index contributed by atoms with van der Waals surface area (Å²) in [7, 11) is 0. The molecule has 1 rings (SSSR count). The number of rotatable bonds is 0. The van der Waals surface area contributed by atoms with Gasteiger partial charge in [0.05, 0.1) is 0 Å². The quantitative estimate of drug-likeness (QED) is 0.468. The average Bonchev–Trinajstić information content (AvgIpc) is 1.87. The summed E-state index contributed by atoms with van der Waals surface area (Å²) >= 11 is 0.